The molecule has 0 spiro atoms. The van der Waals surface area contributed by atoms with Gasteiger partial charge < -0.3 is 9.88 Å². The van der Waals surface area contributed by atoms with Crippen LogP contribution in [0, 0.1) is 19.3 Å². The second kappa shape index (κ2) is 8.06. The summed E-state index contributed by atoms with van der Waals surface area (Å²) in [5, 5.41) is 3.68. The van der Waals surface area contributed by atoms with Crippen LogP contribution in [-0.4, -0.2) is 14.5 Å². The number of pyridine rings is 1. The van der Waals surface area contributed by atoms with E-state index in [-0.39, 0.29) is 11.6 Å². The molecule has 4 rings (SSSR count). The topological polar surface area (TPSA) is 59.8 Å². The summed E-state index contributed by atoms with van der Waals surface area (Å²) >= 11 is 0. The number of nitrogens with one attached hydrogen (secondary N) is 1. The zero-order valence-corrected chi connectivity index (χ0v) is 16.9. The molecule has 0 bridgehead atoms. The van der Waals surface area contributed by atoms with Crippen LogP contribution < -0.4 is 10.9 Å². The average Bonchev–Trinajstić information content (AvgIpc) is 3.25. The van der Waals surface area contributed by atoms with Gasteiger partial charge in [0, 0.05) is 18.3 Å². The molecular weight excluding hydrogens is 405 g/mol. The maximum Gasteiger partial charge on any atom is 0.416 e. The Morgan fingerprint density at radius 1 is 1.23 bits per heavy atom. The Morgan fingerprint density at radius 3 is 2.65 bits per heavy atom. The normalized spacial score (nSPS) is 15.7. The Kier molecular flexibility index (Phi) is 5.44. The number of benzene rings is 1. The first-order valence-corrected chi connectivity index (χ1v) is 10.1. The number of hydrogen-bond acceptors (Lipinski definition) is 4. The fourth-order valence-corrected chi connectivity index (χ4v) is 4.06. The van der Waals surface area contributed by atoms with Crippen molar-refractivity contribution in [3.05, 3.63) is 63.8 Å². The predicted molar refractivity (Wildman–Crippen MR) is 113 cm³/mol. The highest BCUT2D eigenvalue weighted by Crippen LogP contribution is 2.33. The van der Waals surface area contributed by atoms with Crippen LogP contribution in [-0.2, 0) is 6.18 Å². The number of anilines is 1. The molecule has 1 atom stereocenters. The van der Waals surface area contributed by atoms with Gasteiger partial charge in [0.25, 0.3) is 5.56 Å². The fraction of sp³-hybridized carbons (Fsp3) is 0.348. The molecule has 1 aliphatic carbocycles. The Bertz CT molecular complexity index is 1220. The summed E-state index contributed by atoms with van der Waals surface area (Å²) < 4.78 is 41.1. The number of aromatic nitrogens is 3. The summed E-state index contributed by atoms with van der Waals surface area (Å²) in [5.74, 6) is 3.31. The number of terminal acetylenes is 1. The highest BCUT2D eigenvalue weighted by molar-refractivity contribution is 5.88. The van der Waals surface area contributed by atoms with Crippen LogP contribution in [0.4, 0.5) is 19.0 Å². The molecule has 0 radical (unpaired) electrons. The summed E-state index contributed by atoms with van der Waals surface area (Å²) in [6.07, 6.45) is 6.91. The molecule has 2 heterocycles. The second-order valence-corrected chi connectivity index (χ2v) is 7.74. The standard InChI is InChI=1S/C23H21F3N4O/c1-3-19(15-7-6-8-16(11-15)23(24,25)26)29-22-18-13-30(17-9-4-5-10-17)21(31)12-20(18)27-14(2)28-22/h1,6-8,11-13,17,19H,4-5,9-10H2,2H3,(H,27,28,29). The summed E-state index contributed by atoms with van der Waals surface area (Å²) in [5.41, 5.74) is -0.138. The molecule has 1 fully saturated rings. The van der Waals surface area contributed by atoms with E-state index in [9.17, 15) is 18.0 Å². The molecule has 0 amide bonds. The zero-order valence-electron chi connectivity index (χ0n) is 16.9. The van der Waals surface area contributed by atoms with Crippen LogP contribution in [0.2, 0.25) is 0 Å². The largest absolute Gasteiger partial charge is 0.416 e. The van der Waals surface area contributed by atoms with E-state index in [4.69, 9.17) is 6.42 Å². The van der Waals surface area contributed by atoms with Gasteiger partial charge in [0.2, 0.25) is 0 Å². The minimum atomic E-state index is -4.47. The molecule has 0 aliphatic heterocycles. The minimum absolute atomic E-state index is 0.123. The number of hydrogen-bond donors (Lipinski definition) is 1. The lowest BCUT2D eigenvalue weighted by Crippen LogP contribution is -2.23. The van der Waals surface area contributed by atoms with Crippen molar-refractivity contribution >= 4 is 16.7 Å². The molecule has 160 valence electrons. The Morgan fingerprint density at radius 2 is 1.97 bits per heavy atom. The maximum absolute atomic E-state index is 13.1. The number of alkyl halides is 3. The number of nitrogens with zero attached hydrogens (tertiary/aromatic N) is 3. The third kappa shape index (κ3) is 4.26. The number of aryl methyl sites for hydroxylation is 1. The van der Waals surface area contributed by atoms with Crippen molar-refractivity contribution in [2.24, 2.45) is 0 Å². The summed E-state index contributed by atoms with van der Waals surface area (Å²) in [6, 6.07) is 5.65. The monoisotopic (exact) mass is 426 g/mol. The molecule has 1 saturated carbocycles. The van der Waals surface area contributed by atoms with Crippen LogP contribution in [0.15, 0.2) is 41.3 Å². The van der Waals surface area contributed by atoms with Crippen molar-refractivity contribution in [2.75, 3.05) is 5.32 Å². The zero-order chi connectivity index (χ0) is 22.2. The molecule has 2 aromatic heterocycles. The lowest BCUT2D eigenvalue weighted by Gasteiger charge is -2.19. The fourth-order valence-electron chi connectivity index (χ4n) is 4.06. The minimum Gasteiger partial charge on any atom is -0.352 e. The predicted octanol–water partition coefficient (Wildman–Crippen LogP) is 5.02. The molecule has 1 aromatic carbocycles. The summed E-state index contributed by atoms with van der Waals surface area (Å²) in [4.78, 5) is 21.4. The summed E-state index contributed by atoms with van der Waals surface area (Å²) in [6.45, 7) is 1.68. The third-order valence-corrected chi connectivity index (χ3v) is 5.58. The van der Waals surface area contributed by atoms with Crippen molar-refractivity contribution in [3.63, 3.8) is 0 Å². The molecular formula is C23H21F3N4O. The van der Waals surface area contributed by atoms with Gasteiger partial charge in [0.05, 0.1) is 16.5 Å². The van der Waals surface area contributed by atoms with Gasteiger partial charge in [-0.05, 0) is 37.5 Å². The van der Waals surface area contributed by atoms with E-state index in [0.29, 0.717) is 28.1 Å². The van der Waals surface area contributed by atoms with Crippen molar-refractivity contribution in [2.45, 2.75) is 50.9 Å². The number of rotatable bonds is 4. The third-order valence-electron chi connectivity index (χ3n) is 5.58. The van der Waals surface area contributed by atoms with Crippen LogP contribution in [0.25, 0.3) is 10.9 Å². The maximum atomic E-state index is 13.1. The lowest BCUT2D eigenvalue weighted by atomic mass is 10.0. The van der Waals surface area contributed by atoms with Gasteiger partial charge in [-0.15, -0.1) is 6.42 Å². The van der Waals surface area contributed by atoms with Crippen LogP contribution >= 0.6 is 0 Å². The van der Waals surface area contributed by atoms with Gasteiger partial charge in [-0.25, -0.2) is 9.97 Å². The quantitative estimate of drug-likeness (QED) is 0.595. The SMILES string of the molecule is C#CC(Nc1nc(C)nc2cc(=O)n(C3CCCC3)cc12)c1cccc(C(F)(F)F)c1. The van der Waals surface area contributed by atoms with Gasteiger partial charge in [-0.1, -0.05) is 30.9 Å². The molecule has 31 heavy (non-hydrogen) atoms. The Balaban J connectivity index is 1.77. The smallest absolute Gasteiger partial charge is 0.352 e. The first kappa shape index (κ1) is 20.9. The second-order valence-electron chi connectivity index (χ2n) is 7.74. The van der Waals surface area contributed by atoms with Crippen LogP contribution in [0.5, 0.6) is 0 Å². The van der Waals surface area contributed by atoms with Crippen LogP contribution in [0.3, 0.4) is 0 Å². The molecule has 3 aromatic rings. The van der Waals surface area contributed by atoms with Gasteiger partial charge in [0.15, 0.2) is 0 Å². The molecule has 1 unspecified atom stereocenters. The van der Waals surface area contributed by atoms with E-state index >= 15 is 0 Å². The Hall–Kier alpha value is -3.34. The summed E-state index contributed by atoms with van der Waals surface area (Å²) in [7, 11) is 0. The lowest BCUT2D eigenvalue weighted by molar-refractivity contribution is -0.137. The molecule has 1 N–H and O–H groups in total. The van der Waals surface area contributed by atoms with Crippen molar-refractivity contribution in [1.29, 1.82) is 0 Å². The van der Waals surface area contributed by atoms with E-state index in [1.165, 1.54) is 18.2 Å². The van der Waals surface area contributed by atoms with Crippen molar-refractivity contribution in [1.82, 2.24) is 14.5 Å². The number of fused-ring (bicyclic) bond motifs is 1. The molecule has 5 nitrogen and oxygen atoms in total. The molecule has 1 aliphatic rings. The highest BCUT2D eigenvalue weighted by Gasteiger charge is 2.31. The van der Waals surface area contributed by atoms with E-state index in [1.807, 2.05) is 0 Å². The molecule has 8 heteroatoms. The van der Waals surface area contributed by atoms with Crippen molar-refractivity contribution < 1.29 is 13.2 Å². The Labute approximate surface area is 177 Å². The van der Waals surface area contributed by atoms with Gasteiger partial charge >= 0.3 is 6.18 Å². The van der Waals surface area contributed by atoms with Gasteiger partial charge in [-0.3, -0.25) is 4.79 Å². The van der Waals surface area contributed by atoms with E-state index in [2.05, 4.69) is 21.2 Å². The van der Waals surface area contributed by atoms with Gasteiger partial charge in [-0.2, -0.15) is 13.2 Å². The van der Waals surface area contributed by atoms with Crippen molar-refractivity contribution in [3.8, 4) is 12.3 Å². The van der Waals surface area contributed by atoms with E-state index in [1.54, 1.807) is 17.7 Å². The molecule has 0 saturated heterocycles. The van der Waals surface area contributed by atoms with Crippen LogP contribution in [0.1, 0.15) is 54.7 Å². The van der Waals surface area contributed by atoms with E-state index < -0.39 is 17.8 Å². The highest BCUT2D eigenvalue weighted by atomic mass is 19.4. The number of halogens is 3. The van der Waals surface area contributed by atoms with E-state index in [0.717, 1.165) is 37.8 Å². The first-order chi connectivity index (χ1) is 14.8. The average molecular weight is 426 g/mol. The van der Waals surface area contributed by atoms with Gasteiger partial charge in [0.1, 0.15) is 17.7 Å². The first-order valence-electron chi connectivity index (χ1n) is 10.1.